The monoisotopic (exact) mass is 337 g/mol. The Bertz CT molecular complexity index is 736. The van der Waals surface area contributed by atoms with E-state index in [0.29, 0.717) is 18.4 Å². The van der Waals surface area contributed by atoms with Crippen LogP contribution in [-0.2, 0) is 11.3 Å². The maximum absolute atomic E-state index is 11.9. The Morgan fingerprint density at radius 2 is 2.08 bits per heavy atom. The van der Waals surface area contributed by atoms with Crippen LogP contribution in [0.3, 0.4) is 0 Å². The van der Waals surface area contributed by atoms with Crippen molar-refractivity contribution in [3.63, 3.8) is 0 Å². The van der Waals surface area contributed by atoms with Gasteiger partial charge < -0.3 is 5.32 Å². The van der Waals surface area contributed by atoms with Gasteiger partial charge in [0.1, 0.15) is 0 Å². The summed E-state index contributed by atoms with van der Waals surface area (Å²) < 4.78 is 0. The van der Waals surface area contributed by atoms with Crippen molar-refractivity contribution in [1.29, 1.82) is 0 Å². The van der Waals surface area contributed by atoms with Gasteiger partial charge in [-0.3, -0.25) is 14.7 Å². The van der Waals surface area contributed by atoms with E-state index >= 15 is 0 Å². The SMILES string of the molecule is O=C(CCC1CCCN(Cc2cccc3cccnc23)C1)NC1CC1. The van der Waals surface area contributed by atoms with E-state index in [1.54, 1.807) is 0 Å². The minimum absolute atomic E-state index is 0.248. The number of hydrogen-bond acceptors (Lipinski definition) is 3. The molecule has 0 spiro atoms. The fourth-order valence-corrected chi connectivity index (χ4v) is 3.93. The van der Waals surface area contributed by atoms with Crippen LogP contribution in [0.15, 0.2) is 36.5 Å². The van der Waals surface area contributed by atoms with Gasteiger partial charge >= 0.3 is 0 Å². The Balaban J connectivity index is 1.33. The molecule has 132 valence electrons. The summed E-state index contributed by atoms with van der Waals surface area (Å²) in [4.78, 5) is 19.0. The number of para-hydroxylation sites is 1. The van der Waals surface area contributed by atoms with E-state index < -0.39 is 0 Å². The molecule has 4 nitrogen and oxygen atoms in total. The van der Waals surface area contributed by atoms with Gasteiger partial charge in [-0.2, -0.15) is 0 Å². The largest absolute Gasteiger partial charge is 0.353 e. The number of rotatable bonds is 6. The molecule has 1 amide bonds. The van der Waals surface area contributed by atoms with Gasteiger partial charge in [-0.25, -0.2) is 0 Å². The van der Waals surface area contributed by atoms with Crippen molar-refractivity contribution in [2.45, 2.75) is 51.1 Å². The van der Waals surface area contributed by atoms with Crippen LogP contribution in [0.1, 0.15) is 44.1 Å². The number of piperidine rings is 1. The number of aromatic nitrogens is 1. The first kappa shape index (κ1) is 16.5. The normalized spacial score (nSPS) is 21.4. The topological polar surface area (TPSA) is 45.2 Å². The summed E-state index contributed by atoms with van der Waals surface area (Å²) in [5, 5.41) is 4.32. The first-order valence-corrected chi connectivity index (χ1v) is 9.62. The Kier molecular flexibility index (Phi) is 4.97. The molecule has 1 aliphatic heterocycles. The van der Waals surface area contributed by atoms with Gasteiger partial charge in [-0.15, -0.1) is 0 Å². The highest BCUT2D eigenvalue weighted by Crippen LogP contribution is 2.25. The lowest BCUT2D eigenvalue weighted by molar-refractivity contribution is -0.121. The van der Waals surface area contributed by atoms with Crippen LogP contribution in [0.2, 0.25) is 0 Å². The van der Waals surface area contributed by atoms with Crippen LogP contribution in [-0.4, -0.2) is 34.9 Å². The van der Waals surface area contributed by atoms with Gasteiger partial charge in [0, 0.05) is 37.1 Å². The number of fused-ring (bicyclic) bond motifs is 1. The molecule has 2 heterocycles. The zero-order valence-electron chi connectivity index (χ0n) is 14.8. The average Bonchev–Trinajstić information content (AvgIpc) is 3.45. The molecule has 0 radical (unpaired) electrons. The molecule has 1 atom stereocenters. The van der Waals surface area contributed by atoms with Crippen molar-refractivity contribution < 1.29 is 4.79 Å². The van der Waals surface area contributed by atoms with Crippen molar-refractivity contribution in [3.8, 4) is 0 Å². The van der Waals surface area contributed by atoms with E-state index in [-0.39, 0.29) is 5.91 Å². The maximum Gasteiger partial charge on any atom is 0.220 e. The van der Waals surface area contributed by atoms with Crippen LogP contribution in [0.4, 0.5) is 0 Å². The minimum Gasteiger partial charge on any atom is -0.353 e. The molecule has 1 aromatic carbocycles. The molecule has 1 saturated carbocycles. The summed E-state index contributed by atoms with van der Waals surface area (Å²) in [6.07, 6.45) is 8.40. The Labute approximate surface area is 149 Å². The number of benzene rings is 1. The quantitative estimate of drug-likeness (QED) is 0.877. The maximum atomic E-state index is 11.9. The summed E-state index contributed by atoms with van der Waals surface area (Å²) in [5.41, 5.74) is 2.43. The zero-order valence-corrected chi connectivity index (χ0v) is 14.8. The third-order valence-corrected chi connectivity index (χ3v) is 5.44. The molecule has 25 heavy (non-hydrogen) atoms. The fourth-order valence-electron chi connectivity index (χ4n) is 3.93. The zero-order chi connectivity index (χ0) is 17.1. The van der Waals surface area contributed by atoms with Gasteiger partial charge in [-0.05, 0) is 56.2 Å². The standard InChI is InChI=1S/C21H27N3O/c25-20(23-19-9-10-19)11-8-16-4-3-13-24(14-16)15-18-6-1-5-17-7-2-12-22-21(17)18/h1-2,5-7,12,16,19H,3-4,8-11,13-15H2,(H,23,25). The lowest BCUT2D eigenvalue weighted by atomic mass is 9.93. The average molecular weight is 337 g/mol. The van der Waals surface area contributed by atoms with Crippen molar-refractivity contribution in [1.82, 2.24) is 15.2 Å². The second kappa shape index (κ2) is 7.52. The summed E-state index contributed by atoms with van der Waals surface area (Å²) in [6, 6.07) is 11.1. The summed E-state index contributed by atoms with van der Waals surface area (Å²) in [5.74, 6) is 0.888. The number of nitrogens with one attached hydrogen (secondary N) is 1. The van der Waals surface area contributed by atoms with E-state index in [0.717, 1.165) is 31.6 Å². The van der Waals surface area contributed by atoms with Crippen molar-refractivity contribution in [2.75, 3.05) is 13.1 Å². The predicted octanol–water partition coefficient (Wildman–Crippen LogP) is 3.51. The summed E-state index contributed by atoms with van der Waals surface area (Å²) >= 11 is 0. The molecular formula is C21H27N3O. The van der Waals surface area contributed by atoms with E-state index in [1.807, 2.05) is 12.3 Å². The molecule has 4 heteroatoms. The number of hydrogen-bond donors (Lipinski definition) is 1. The van der Waals surface area contributed by atoms with Crippen LogP contribution in [0.25, 0.3) is 10.9 Å². The minimum atomic E-state index is 0.248. The van der Waals surface area contributed by atoms with Gasteiger partial charge in [-0.1, -0.05) is 24.3 Å². The lowest BCUT2D eigenvalue weighted by Gasteiger charge is -2.33. The van der Waals surface area contributed by atoms with Gasteiger partial charge in [0.05, 0.1) is 5.52 Å². The summed E-state index contributed by atoms with van der Waals surface area (Å²) in [7, 11) is 0. The number of amides is 1. The van der Waals surface area contributed by atoms with E-state index in [9.17, 15) is 4.79 Å². The molecule has 2 aromatic rings. The number of likely N-dealkylation sites (tertiary alicyclic amines) is 1. The van der Waals surface area contributed by atoms with E-state index in [2.05, 4.69) is 39.5 Å². The van der Waals surface area contributed by atoms with Crippen molar-refractivity contribution in [3.05, 3.63) is 42.1 Å². The molecule has 1 N–H and O–H groups in total. The molecule has 1 saturated heterocycles. The fraction of sp³-hybridized carbons (Fsp3) is 0.524. The van der Waals surface area contributed by atoms with Gasteiger partial charge in [0.15, 0.2) is 0 Å². The first-order chi connectivity index (χ1) is 12.3. The second-order valence-corrected chi connectivity index (χ2v) is 7.62. The molecule has 2 aliphatic rings. The Morgan fingerprint density at radius 3 is 2.96 bits per heavy atom. The molecular weight excluding hydrogens is 310 g/mol. The number of nitrogens with zero attached hydrogens (tertiary/aromatic N) is 2. The third-order valence-electron chi connectivity index (χ3n) is 5.44. The van der Waals surface area contributed by atoms with E-state index in [1.165, 1.54) is 36.6 Å². The molecule has 2 fully saturated rings. The first-order valence-electron chi connectivity index (χ1n) is 9.62. The van der Waals surface area contributed by atoms with Crippen LogP contribution < -0.4 is 5.32 Å². The predicted molar refractivity (Wildman–Crippen MR) is 100 cm³/mol. The van der Waals surface area contributed by atoms with Crippen molar-refractivity contribution in [2.24, 2.45) is 5.92 Å². The molecule has 1 aromatic heterocycles. The highest BCUT2D eigenvalue weighted by Gasteiger charge is 2.25. The van der Waals surface area contributed by atoms with Gasteiger partial charge in [0.25, 0.3) is 0 Å². The smallest absolute Gasteiger partial charge is 0.220 e. The van der Waals surface area contributed by atoms with Crippen LogP contribution in [0, 0.1) is 5.92 Å². The number of carbonyl (C=O) groups is 1. The number of pyridine rings is 1. The Morgan fingerprint density at radius 1 is 1.20 bits per heavy atom. The molecule has 1 unspecified atom stereocenters. The highest BCUT2D eigenvalue weighted by molar-refractivity contribution is 5.81. The van der Waals surface area contributed by atoms with Crippen LogP contribution >= 0.6 is 0 Å². The Hall–Kier alpha value is -1.94. The second-order valence-electron chi connectivity index (χ2n) is 7.62. The van der Waals surface area contributed by atoms with E-state index in [4.69, 9.17) is 0 Å². The highest BCUT2D eigenvalue weighted by atomic mass is 16.1. The molecule has 0 bridgehead atoms. The molecule has 4 rings (SSSR count). The lowest BCUT2D eigenvalue weighted by Crippen LogP contribution is -2.35. The summed E-state index contributed by atoms with van der Waals surface area (Å²) in [6.45, 7) is 3.20. The molecule has 1 aliphatic carbocycles. The number of carbonyl (C=O) groups excluding carboxylic acids is 1. The van der Waals surface area contributed by atoms with Crippen LogP contribution in [0.5, 0.6) is 0 Å². The third kappa shape index (κ3) is 4.37. The van der Waals surface area contributed by atoms with Gasteiger partial charge in [0.2, 0.25) is 5.91 Å². The van der Waals surface area contributed by atoms with Crippen molar-refractivity contribution >= 4 is 16.8 Å².